The average Bonchev–Trinajstić information content (AvgIpc) is 2.44. The predicted molar refractivity (Wildman–Crippen MR) is 87.5 cm³/mol. The lowest BCUT2D eigenvalue weighted by molar-refractivity contribution is 0.0564. The van der Waals surface area contributed by atoms with E-state index in [2.05, 4.69) is 4.74 Å². The van der Waals surface area contributed by atoms with Gasteiger partial charge in [0.25, 0.3) is 0 Å². The van der Waals surface area contributed by atoms with Gasteiger partial charge in [-0.05, 0) is 38.5 Å². The van der Waals surface area contributed by atoms with Crippen LogP contribution in [0.15, 0.2) is 24.3 Å². The molecule has 134 valence electrons. The first kappa shape index (κ1) is 19.9. The lowest BCUT2D eigenvalue weighted by atomic mass is 10.1. The lowest BCUT2D eigenvalue weighted by Gasteiger charge is -2.22. The quantitative estimate of drug-likeness (QED) is 0.804. The molecule has 1 rings (SSSR count). The highest BCUT2D eigenvalue weighted by molar-refractivity contribution is 7.87. The smallest absolute Gasteiger partial charge is 0.422 e. The number of hydrogen-bond donors (Lipinski definition) is 1. The van der Waals surface area contributed by atoms with Crippen LogP contribution in [0.4, 0.5) is 4.79 Å². The summed E-state index contributed by atoms with van der Waals surface area (Å²) in [6.07, 6.45) is -1.05. The Kier molecular flexibility index (Phi) is 6.33. The van der Waals surface area contributed by atoms with Crippen molar-refractivity contribution in [1.29, 1.82) is 0 Å². The van der Waals surface area contributed by atoms with E-state index in [1.54, 1.807) is 32.9 Å². The third-order valence-corrected chi connectivity index (χ3v) is 4.18. The summed E-state index contributed by atoms with van der Waals surface area (Å²) in [5, 5.41) is 0. The fourth-order valence-electron chi connectivity index (χ4n) is 1.69. The molecule has 0 spiro atoms. The summed E-state index contributed by atoms with van der Waals surface area (Å²) in [7, 11) is -1.45. The molecular weight excluding hydrogens is 336 g/mol. The highest BCUT2D eigenvalue weighted by Gasteiger charge is 2.24. The molecule has 0 radical (unpaired) electrons. The zero-order valence-corrected chi connectivity index (χ0v) is 15.1. The molecule has 0 heterocycles. The van der Waals surface area contributed by atoms with E-state index < -0.39 is 27.9 Å². The van der Waals surface area contributed by atoms with Gasteiger partial charge in [-0.1, -0.05) is 12.1 Å². The summed E-state index contributed by atoms with van der Waals surface area (Å²) in [6, 6.07) is 6.27. The van der Waals surface area contributed by atoms with Crippen molar-refractivity contribution in [3.8, 4) is 0 Å². The van der Waals surface area contributed by atoms with Crippen LogP contribution in [0.25, 0.3) is 0 Å². The topological polar surface area (TPSA) is 102 Å². The van der Waals surface area contributed by atoms with Crippen LogP contribution in [0.3, 0.4) is 0 Å². The molecule has 0 bridgehead atoms. The maximum absolute atomic E-state index is 12.1. The van der Waals surface area contributed by atoms with E-state index in [0.29, 0.717) is 11.1 Å². The molecule has 0 fully saturated rings. The molecular formula is C15H22N2O6S. The second-order valence-corrected chi connectivity index (χ2v) is 7.83. The minimum Gasteiger partial charge on any atom is -0.465 e. The molecule has 0 saturated carbocycles. The van der Waals surface area contributed by atoms with E-state index in [-0.39, 0.29) is 6.54 Å². The molecule has 24 heavy (non-hydrogen) atoms. The Bertz CT molecular complexity index is 692. The van der Waals surface area contributed by atoms with Gasteiger partial charge in [-0.15, -0.1) is 0 Å². The van der Waals surface area contributed by atoms with Gasteiger partial charge < -0.3 is 9.47 Å². The molecule has 0 atom stereocenters. The predicted octanol–water partition coefficient (Wildman–Crippen LogP) is 1.67. The lowest BCUT2D eigenvalue weighted by Crippen LogP contribution is -2.43. The zero-order chi connectivity index (χ0) is 18.5. The van der Waals surface area contributed by atoms with Gasteiger partial charge in [-0.25, -0.2) is 14.3 Å². The minimum atomic E-state index is -4.04. The number of esters is 1. The Morgan fingerprint density at radius 1 is 1.17 bits per heavy atom. The van der Waals surface area contributed by atoms with Crippen LogP contribution in [-0.4, -0.2) is 44.5 Å². The van der Waals surface area contributed by atoms with Crippen molar-refractivity contribution in [2.24, 2.45) is 0 Å². The number of hydrogen-bond acceptors (Lipinski definition) is 6. The second kappa shape index (κ2) is 7.63. The van der Waals surface area contributed by atoms with Crippen molar-refractivity contribution >= 4 is 22.3 Å². The van der Waals surface area contributed by atoms with Crippen LogP contribution < -0.4 is 4.72 Å². The Hall–Kier alpha value is -2.13. The Labute approximate surface area is 141 Å². The number of carbonyl (C=O) groups is 2. The monoisotopic (exact) mass is 358 g/mol. The van der Waals surface area contributed by atoms with Gasteiger partial charge in [-0.3, -0.25) is 0 Å². The van der Waals surface area contributed by atoms with Crippen molar-refractivity contribution in [3.63, 3.8) is 0 Å². The molecule has 0 unspecified atom stereocenters. The van der Waals surface area contributed by atoms with Crippen LogP contribution in [0.5, 0.6) is 0 Å². The highest BCUT2D eigenvalue weighted by atomic mass is 32.2. The minimum absolute atomic E-state index is 0.0135. The van der Waals surface area contributed by atoms with Crippen LogP contribution in [0.1, 0.15) is 36.7 Å². The molecule has 0 aliphatic heterocycles. The van der Waals surface area contributed by atoms with E-state index in [9.17, 15) is 18.0 Å². The van der Waals surface area contributed by atoms with E-state index in [1.165, 1.54) is 26.3 Å². The summed E-state index contributed by atoms with van der Waals surface area (Å²) in [4.78, 5) is 22.9. The number of nitrogens with one attached hydrogen (secondary N) is 1. The Morgan fingerprint density at radius 3 is 2.17 bits per heavy atom. The number of nitrogens with zero attached hydrogens (tertiary/aromatic N) is 1. The first-order valence-electron chi connectivity index (χ1n) is 7.09. The largest absolute Gasteiger partial charge is 0.465 e. The zero-order valence-electron chi connectivity index (χ0n) is 14.3. The van der Waals surface area contributed by atoms with E-state index >= 15 is 0 Å². The van der Waals surface area contributed by atoms with Crippen molar-refractivity contribution < 1.29 is 27.5 Å². The number of carbonyl (C=O) groups excluding carboxylic acids is 2. The molecule has 1 aromatic rings. The first-order chi connectivity index (χ1) is 10.9. The number of ether oxygens (including phenoxy) is 2. The van der Waals surface area contributed by atoms with Crippen LogP contribution in [0, 0.1) is 0 Å². The van der Waals surface area contributed by atoms with Crippen LogP contribution >= 0.6 is 0 Å². The highest BCUT2D eigenvalue weighted by Crippen LogP contribution is 2.11. The van der Waals surface area contributed by atoms with Gasteiger partial charge in [0, 0.05) is 13.6 Å². The van der Waals surface area contributed by atoms with Gasteiger partial charge in [0.1, 0.15) is 5.60 Å². The molecule has 8 nitrogen and oxygen atoms in total. The van der Waals surface area contributed by atoms with Crippen molar-refractivity contribution in [2.75, 3.05) is 14.2 Å². The normalized spacial score (nSPS) is 11.9. The van der Waals surface area contributed by atoms with Gasteiger partial charge >= 0.3 is 22.3 Å². The average molecular weight is 358 g/mol. The Morgan fingerprint density at radius 2 is 1.71 bits per heavy atom. The number of rotatable bonds is 5. The van der Waals surface area contributed by atoms with Gasteiger partial charge in [-0.2, -0.15) is 12.7 Å². The van der Waals surface area contributed by atoms with E-state index in [1.807, 2.05) is 4.72 Å². The second-order valence-electron chi connectivity index (χ2n) is 6.05. The van der Waals surface area contributed by atoms with Gasteiger partial charge in [0.2, 0.25) is 0 Å². The van der Waals surface area contributed by atoms with Crippen LogP contribution in [-0.2, 0) is 26.2 Å². The summed E-state index contributed by atoms with van der Waals surface area (Å²) < 4.78 is 36.5. The summed E-state index contributed by atoms with van der Waals surface area (Å²) >= 11 is 0. The number of benzene rings is 1. The third kappa shape index (κ3) is 6.17. The fourth-order valence-corrected chi connectivity index (χ4v) is 2.42. The molecule has 1 aromatic carbocycles. The molecule has 0 aliphatic carbocycles. The number of amides is 1. The SMILES string of the molecule is COC(=O)c1ccc(CN(C)S(=O)(=O)NC(=O)OC(C)(C)C)cc1. The standard InChI is InChI=1S/C15H22N2O6S/c1-15(2,3)23-14(19)16-24(20,21)17(4)10-11-6-8-12(9-7-11)13(18)22-5/h6-9H,10H2,1-5H3,(H,16,19). The molecule has 0 saturated heterocycles. The molecule has 9 heteroatoms. The summed E-state index contributed by atoms with van der Waals surface area (Å²) in [5.41, 5.74) is 0.195. The van der Waals surface area contributed by atoms with Gasteiger partial charge in [0.15, 0.2) is 0 Å². The summed E-state index contributed by atoms with van der Waals surface area (Å²) in [5.74, 6) is -0.478. The molecule has 1 amide bonds. The maximum Gasteiger partial charge on any atom is 0.422 e. The van der Waals surface area contributed by atoms with Crippen molar-refractivity contribution in [3.05, 3.63) is 35.4 Å². The Balaban J connectivity index is 2.73. The number of methoxy groups -OCH3 is 1. The third-order valence-electron chi connectivity index (χ3n) is 2.80. The summed E-state index contributed by atoms with van der Waals surface area (Å²) in [6.45, 7) is 4.91. The van der Waals surface area contributed by atoms with Crippen LogP contribution in [0.2, 0.25) is 0 Å². The van der Waals surface area contributed by atoms with Crippen molar-refractivity contribution in [1.82, 2.24) is 9.03 Å². The van der Waals surface area contributed by atoms with E-state index in [0.717, 1.165) is 4.31 Å². The first-order valence-corrected chi connectivity index (χ1v) is 8.53. The molecule has 0 aromatic heterocycles. The maximum atomic E-state index is 12.1. The van der Waals surface area contributed by atoms with E-state index in [4.69, 9.17) is 4.74 Å². The fraction of sp³-hybridized carbons (Fsp3) is 0.467. The van der Waals surface area contributed by atoms with Crippen molar-refractivity contribution in [2.45, 2.75) is 32.9 Å². The molecule has 1 N–H and O–H groups in total. The molecule has 0 aliphatic rings. The van der Waals surface area contributed by atoms with Gasteiger partial charge in [0.05, 0.1) is 12.7 Å².